The van der Waals surface area contributed by atoms with Crippen molar-refractivity contribution < 1.29 is 46.4 Å². The second-order valence-electron chi connectivity index (χ2n) is 19.9. The highest BCUT2D eigenvalue weighted by Gasteiger charge is 2.58. The third-order valence-electron chi connectivity index (χ3n) is 15.0. The summed E-state index contributed by atoms with van der Waals surface area (Å²) in [6, 6.07) is 45.6. The average Bonchev–Trinajstić information content (AvgIpc) is 4.00. The SMILES string of the molecule is O=[N+]([O-])c1ccc2c(C(O)(CN3CCC(c4ccccc4)CC3)C(F)(F)F)cn(Cc3ccccc3)c2c1.O=[N+]([O-])c1ccc2c(C(O)(CN3CCC(c4ccccc4)CC3)C(F)(F)F)cn(Cc3ccccc3)c2c1. The van der Waals surface area contributed by atoms with Gasteiger partial charge in [0.2, 0.25) is 11.2 Å². The summed E-state index contributed by atoms with van der Waals surface area (Å²) < 4.78 is 91.1. The number of piperidine rings is 2. The molecule has 8 aromatic rings. The van der Waals surface area contributed by atoms with Gasteiger partial charge in [-0.15, -0.1) is 0 Å². The van der Waals surface area contributed by atoms with Gasteiger partial charge in [-0.2, -0.15) is 26.3 Å². The zero-order valence-electron chi connectivity index (χ0n) is 41.3. The van der Waals surface area contributed by atoms with E-state index < -0.39 is 46.5 Å². The molecule has 2 aromatic heterocycles. The predicted octanol–water partition coefficient (Wildman–Crippen LogP) is 12.5. The number of alkyl halides is 6. The highest BCUT2D eigenvalue weighted by Crippen LogP contribution is 2.47. The zero-order valence-corrected chi connectivity index (χ0v) is 41.3. The van der Waals surface area contributed by atoms with Gasteiger partial charge >= 0.3 is 12.4 Å². The number of hydrogen-bond acceptors (Lipinski definition) is 8. The number of non-ortho nitro benzene ring substituents is 2. The number of hydrogen-bond donors (Lipinski definition) is 2. The fourth-order valence-corrected chi connectivity index (χ4v) is 10.9. The molecule has 0 spiro atoms. The van der Waals surface area contributed by atoms with Gasteiger partial charge in [-0.3, -0.25) is 30.0 Å². The topological polar surface area (TPSA) is 143 Å². The number of fused-ring (bicyclic) bond motifs is 2. The molecule has 0 amide bonds. The summed E-state index contributed by atoms with van der Waals surface area (Å²) in [6.07, 6.45) is -4.55. The van der Waals surface area contributed by atoms with Gasteiger partial charge in [0.1, 0.15) is 0 Å². The van der Waals surface area contributed by atoms with Crippen molar-refractivity contribution in [3.8, 4) is 0 Å². The molecular weight excluding hydrogens is 991 g/mol. The molecule has 2 unspecified atom stereocenters. The number of likely N-dealkylation sites (tertiary alicyclic amines) is 2. The Bertz CT molecular complexity index is 3050. The van der Waals surface area contributed by atoms with Crippen molar-refractivity contribution in [2.75, 3.05) is 39.3 Å². The molecule has 10 rings (SSSR count). The Balaban J connectivity index is 0.000000186. The molecular formula is C58H56F6N6O6. The van der Waals surface area contributed by atoms with Crippen LogP contribution in [0, 0.1) is 20.2 Å². The number of β-amino-alcohol motifs (C(OH)–C–C–N with tert-alkyl or cyclic N) is 2. The van der Waals surface area contributed by atoms with Gasteiger partial charge in [0.05, 0.1) is 20.9 Å². The van der Waals surface area contributed by atoms with Gasteiger partial charge in [0.25, 0.3) is 11.4 Å². The highest BCUT2D eigenvalue weighted by atomic mass is 19.4. The zero-order chi connectivity index (χ0) is 53.8. The Morgan fingerprint density at radius 2 is 0.789 bits per heavy atom. The number of nitro groups is 2. The number of benzene rings is 6. The molecule has 76 heavy (non-hydrogen) atoms. The number of halogens is 6. The number of nitrogens with zero attached hydrogens (tertiary/aromatic N) is 6. The van der Waals surface area contributed by atoms with Gasteiger partial charge in [-0.05, 0) is 98.1 Å². The van der Waals surface area contributed by atoms with Crippen LogP contribution in [0.15, 0.2) is 170 Å². The van der Waals surface area contributed by atoms with Crippen LogP contribution in [0.4, 0.5) is 37.7 Å². The van der Waals surface area contributed by atoms with E-state index in [0.29, 0.717) is 51.9 Å². The summed E-state index contributed by atoms with van der Waals surface area (Å²) >= 11 is 0. The minimum atomic E-state index is -4.96. The van der Waals surface area contributed by atoms with Crippen molar-refractivity contribution in [2.45, 2.75) is 74.2 Å². The third-order valence-corrected chi connectivity index (χ3v) is 15.0. The average molecular weight is 1050 g/mol. The van der Waals surface area contributed by atoms with Crippen LogP contribution in [0.1, 0.15) is 70.9 Å². The molecule has 2 aliphatic rings. The van der Waals surface area contributed by atoms with Gasteiger partial charge in [-0.25, -0.2) is 0 Å². The van der Waals surface area contributed by atoms with Crippen LogP contribution in [0.3, 0.4) is 0 Å². The summed E-state index contributed by atoms with van der Waals surface area (Å²) in [5, 5.41) is 45.9. The summed E-state index contributed by atoms with van der Waals surface area (Å²) in [7, 11) is 0. The normalized spacial score (nSPS) is 16.9. The van der Waals surface area contributed by atoms with Crippen molar-refractivity contribution in [1.29, 1.82) is 0 Å². The molecule has 396 valence electrons. The first-order chi connectivity index (χ1) is 36.3. The lowest BCUT2D eigenvalue weighted by atomic mass is 9.87. The molecule has 2 atom stereocenters. The van der Waals surface area contributed by atoms with Crippen LogP contribution in [0.5, 0.6) is 0 Å². The molecule has 0 aliphatic carbocycles. The molecule has 6 aromatic carbocycles. The number of rotatable bonds is 14. The second kappa shape index (κ2) is 22.1. The Morgan fingerprint density at radius 1 is 0.474 bits per heavy atom. The van der Waals surface area contributed by atoms with Crippen LogP contribution >= 0.6 is 0 Å². The Kier molecular flexibility index (Phi) is 15.5. The van der Waals surface area contributed by atoms with E-state index in [-0.39, 0.29) is 69.2 Å². The van der Waals surface area contributed by atoms with Crippen LogP contribution in [-0.2, 0) is 24.3 Å². The Labute approximate surface area is 434 Å². The Morgan fingerprint density at radius 3 is 1.09 bits per heavy atom. The molecule has 2 N–H and O–H groups in total. The maximum atomic E-state index is 14.7. The van der Waals surface area contributed by atoms with E-state index in [1.54, 1.807) is 18.9 Å². The van der Waals surface area contributed by atoms with Gasteiger partial charge < -0.3 is 19.3 Å². The smallest absolute Gasteiger partial charge is 0.375 e. The van der Waals surface area contributed by atoms with Gasteiger partial charge in [-0.1, -0.05) is 121 Å². The maximum absolute atomic E-state index is 14.7. The molecule has 2 fully saturated rings. The first kappa shape index (κ1) is 53.4. The summed E-state index contributed by atoms with van der Waals surface area (Å²) in [6.45, 7) is 0.874. The lowest BCUT2D eigenvalue weighted by Gasteiger charge is -2.39. The van der Waals surface area contributed by atoms with Crippen molar-refractivity contribution in [2.24, 2.45) is 0 Å². The van der Waals surface area contributed by atoms with Crippen LogP contribution in [0.25, 0.3) is 21.8 Å². The highest BCUT2D eigenvalue weighted by molar-refractivity contribution is 5.88. The fraction of sp³-hybridized carbons (Fsp3) is 0.310. The third kappa shape index (κ3) is 11.4. The maximum Gasteiger partial charge on any atom is 0.422 e. The van der Waals surface area contributed by atoms with E-state index in [2.05, 4.69) is 0 Å². The van der Waals surface area contributed by atoms with E-state index in [4.69, 9.17) is 0 Å². The Hall–Kier alpha value is -7.38. The quantitative estimate of drug-likeness (QED) is 0.0623. The van der Waals surface area contributed by atoms with Crippen molar-refractivity contribution in [1.82, 2.24) is 18.9 Å². The molecule has 12 nitrogen and oxygen atoms in total. The van der Waals surface area contributed by atoms with E-state index in [9.17, 15) is 56.8 Å². The monoisotopic (exact) mass is 1050 g/mol. The number of nitro benzene ring substituents is 2. The molecule has 18 heteroatoms. The largest absolute Gasteiger partial charge is 0.422 e. The first-order valence-corrected chi connectivity index (χ1v) is 25.1. The standard InChI is InChI=1S/2C29H28F3N3O3/c2*30-29(31,32)28(36,20-33-15-13-23(14-16-33)22-9-5-2-6-10-22)26-19-34(18-21-7-3-1-4-8-21)27-17-24(35(37)38)11-12-25(26)27/h2*1-12,17,19,23,36H,13-16,18,20H2. The molecule has 2 aliphatic heterocycles. The van der Waals surface area contributed by atoms with Gasteiger partial charge in [0.15, 0.2) is 0 Å². The summed E-state index contributed by atoms with van der Waals surface area (Å²) in [4.78, 5) is 25.0. The van der Waals surface area contributed by atoms with E-state index >= 15 is 0 Å². The van der Waals surface area contributed by atoms with Gasteiger partial charge in [0, 0.05) is 84.7 Å². The van der Waals surface area contributed by atoms with Crippen LogP contribution in [0.2, 0.25) is 0 Å². The molecule has 4 heterocycles. The lowest BCUT2D eigenvalue weighted by Crippen LogP contribution is -2.52. The second-order valence-corrected chi connectivity index (χ2v) is 19.9. The van der Waals surface area contributed by atoms with Crippen LogP contribution < -0.4 is 0 Å². The predicted molar refractivity (Wildman–Crippen MR) is 278 cm³/mol. The van der Waals surface area contributed by atoms with Crippen molar-refractivity contribution in [3.05, 3.63) is 224 Å². The van der Waals surface area contributed by atoms with Crippen molar-refractivity contribution in [3.63, 3.8) is 0 Å². The van der Waals surface area contributed by atoms with Crippen molar-refractivity contribution >= 4 is 33.2 Å². The van der Waals surface area contributed by atoms with E-state index in [0.717, 1.165) is 11.1 Å². The number of aromatic nitrogens is 2. The minimum absolute atomic E-state index is 0.144. The first-order valence-electron chi connectivity index (χ1n) is 25.1. The minimum Gasteiger partial charge on any atom is -0.375 e. The number of aliphatic hydroxyl groups is 2. The molecule has 0 radical (unpaired) electrons. The summed E-state index contributed by atoms with van der Waals surface area (Å²) in [5.41, 5.74) is -2.83. The fourth-order valence-electron chi connectivity index (χ4n) is 10.9. The van der Waals surface area contributed by atoms with E-state index in [1.807, 2.05) is 121 Å². The molecule has 2 saturated heterocycles. The molecule has 0 bridgehead atoms. The van der Waals surface area contributed by atoms with Crippen LogP contribution in [-0.4, -0.2) is 90.6 Å². The summed E-state index contributed by atoms with van der Waals surface area (Å²) in [5.74, 6) is 0.527. The lowest BCUT2D eigenvalue weighted by molar-refractivity contribution is -0.384. The molecule has 0 saturated carbocycles. The van der Waals surface area contributed by atoms with E-state index in [1.165, 1.54) is 59.9 Å².